The maximum absolute atomic E-state index is 11.8. The van der Waals surface area contributed by atoms with Crippen LogP contribution in [-0.2, 0) is 14.6 Å². The van der Waals surface area contributed by atoms with Crippen molar-refractivity contribution in [2.24, 2.45) is 11.7 Å². The molecule has 0 heterocycles. The van der Waals surface area contributed by atoms with E-state index in [9.17, 15) is 13.2 Å². The highest BCUT2D eigenvalue weighted by molar-refractivity contribution is 7.91. The van der Waals surface area contributed by atoms with E-state index in [1.807, 2.05) is 0 Å². The third-order valence-electron chi connectivity index (χ3n) is 3.53. The molecule has 1 unspecified atom stereocenters. The van der Waals surface area contributed by atoms with Gasteiger partial charge in [0.1, 0.15) is 0 Å². The molecule has 0 aromatic heterocycles. The van der Waals surface area contributed by atoms with Crippen LogP contribution in [0.5, 0.6) is 0 Å². The minimum absolute atomic E-state index is 0.0644. The van der Waals surface area contributed by atoms with Crippen molar-refractivity contribution in [3.63, 3.8) is 0 Å². The summed E-state index contributed by atoms with van der Waals surface area (Å²) in [6.45, 7) is 1.60. The first-order valence-corrected chi connectivity index (χ1v) is 8.46. The summed E-state index contributed by atoms with van der Waals surface area (Å²) < 4.78 is 23.3. The van der Waals surface area contributed by atoms with Gasteiger partial charge in [-0.1, -0.05) is 6.92 Å². The largest absolute Gasteiger partial charge is 0.327 e. The number of amides is 1. The first kappa shape index (κ1) is 15.0. The average Bonchev–Trinajstić information content (AvgIpc) is 3.23. The highest BCUT2D eigenvalue weighted by Gasteiger charge is 2.29. The van der Waals surface area contributed by atoms with Gasteiger partial charge in [0.2, 0.25) is 5.91 Å². The van der Waals surface area contributed by atoms with E-state index in [1.54, 1.807) is 19.1 Å². The third-order valence-corrected chi connectivity index (χ3v) is 5.28. The molecule has 3 N–H and O–H groups in total. The molecule has 2 rings (SSSR count). The van der Waals surface area contributed by atoms with Crippen LogP contribution in [-0.4, -0.2) is 26.1 Å². The van der Waals surface area contributed by atoms with Crippen molar-refractivity contribution in [1.29, 1.82) is 0 Å². The molecule has 1 amide bonds. The Kier molecular flexibility index (Phi) is 4.45. The molecule has 1 fully saturated rings. The summed E-state index contributed by atoms with van der Waals surface area (Å²) in [5.74, 6) is 0.419. The number of nitrogens with one attached hydrogen (secondary N) is 1. The van der Waals surface area contributed by atoms with Gasteiger partial charge in [-0.3, -0.25) is 4.79 Å². The molecule has 20 heavy (non-hydrogen) atoms. The fourth-order valence-electron chi connectivity index (χ4n) is 2.03. The van der Waals surface area contributed by atoms with E-state index >= 15 is 0 Å². The van der Waals surface area contributed by atoms with E-state index in [4.69, 9.17) is 5.73 Å². The van der Waals surface area contributed by atoms with E-state index in [-0.39, 0.29) is 22.6 Å². The van der Waals surface area contributed by atoms with E-state index in [2.05, 4.69) is 5.32 Å². The normalized spacial score (nSPS) is 16.7. The summed E-state index contributed by atoms with van der Waals surface area (Å²) in [4.78, 5) is 12.1. The summed E-state index contributed by atoms with van der Waals surface area (Å²) in [6.07, 6.45) is 2.52. The van der Waals surface area contributed by atoms with E-state index < -0.39 is 9.84 Å². The standard InChI is InChI=1S/C14H20N2O3S/c1-2-20(18,19)12-7-5-11(6-8-12)16-14(17)9-13(15)10-3-4-10/h5-8,10,13H,2-4,9,15H2,1H3,(H,16,17). The second-order valence-electron chi connectivity index (χ2n) is 5.18. The SMILES string of the molecule is CCS(=O)(=O)c1ccc(NC(=O)CC(N)C2CC2)cc1. The van der Waals surface area contributed by atoms with E-state index in [0.29, 0.717) is 18.0 Å². The van der Waals surface area contributed by atoms with Gasteiger partial charge in [-0.25, -0.2) is 8.42 Å². The van der Waals surface area contributed by atoms with Crippen LogP contribution in [0.4, 0.5) is 5.69 Å². The summed E-state index contributed by atoms with van der Waals surface area (Å²) in [6, 6.07) is 6.14. The molecule has 1 aromatic rings. The molecule has 0 saturated heterocycles. The number of rotatable bonds is 6. The molecule has 1 aliphatic rings. The molecule has 1 saturated carbocycles. The van der Waals surface area contributed by atoms with Crippen LogP contribution in [0.15, 0.2) is 29.2 Å². The first-order chi connectivity index (χ1) is 9.42. The van der Waals surface area contributed by atoms with Crippen LogP contribution in [0, 0.1) is 5.92 Å². The Bertz CT molecular complexity index is 577. The lowest BCUT2D eigenvalue weighted by Crippen LogP contribution is -2.28. The second-order valence-corrected chi connectivity index (χ2v) is 7.46. The van der Waals surface area contributed by atoms with Gasteiger partial charge in [0.25, 0.3) is 0 Å². The van der Waals surface area contributed by atoms with Gasteiger partial charge in [0, 0.05) is 18.2 Å². The summed E-state index contributed by atoms with van der Waals surface area (Å²) in [5.41, 5.74) is 6.48. The summed E-state index contributed by atoms with van der Waals surface area (Å²) in [5, 5.41) is 2.74. The Labute approximate surface area is 119 Å². The van der Waals surface area contributed by atoms with Gasteiger partial charge < -0.3 is 11.1 Å². The molecular weight excluding hydrogens is 276 g/mol. The van der Waals surface area contributed by atoms with Crippen LogP contribution in [0.3, 0.4) is 0 Å². The maximum atomic E-state index is 11.8. The molecule has 110 valence electrons. The molecule has 0 radical (unpaired) electrons. The summed E-state index contributed by atoms with van der Waals surface area (Å²) >= 11 is 0. The van der Waals surface area contributed by atoms with Crippen molar-refractivity contribution in [2.45, 2.75) is 37.1 Å². The van der Waals surface area contributed by atoms with Crippen LogP contribution in [0.1, 0.15) is 26.2 Å². The number of carbonyl (C=O) groups is 1. The average molecular weight is 296 g/mol. The Morgan fingerprint density at radius 1 is 1.35 bits per heavy atom. The van der Waals surface area contributed by atoms with Crippen molar-refractivity contribution in [3.05, 3.63) is 24.3 Å². The number of carbonyl (C=O) groups excluding carboxylic acids is 1. The molecule has 0 spiro atoms. The minimum Gasteiger partial charge on any atom is -0.327 e. The van der Waals surface area contributed by atoms with Gasteiger partial charge in [0.05, 0.1) is 10.6 Å². The molecule has 6 heteroatoms. The number of hydrogen-bond donors (Lipinski definition) is 2. The van der Waals surface area contributed by atoms with Gasteiger partial charge in [-0.2, -0.15) is 0 Å². The lowest BCUT2D eigenvalue weighted by atomic mass is 10.1. The van der Waals surface area contributed by atoms with Gasteiger partial charge >= 0.3 is 0 Å². The van der Waals surface area contributed by atoms with Crippen molar-refractivity contribution in [3.8, 4) is 0 Å². The first-order valence-electron chi connectivity index (χ1n) is 6.80. The Hall–Kier alpha value is -1.40. The van der Waals surface area contributed by atoms with E-state index in [0.717, 1.165) is 12.8 Å². The fourth-order valence-corrected chi connectivity index (χ4v) is 2.91. The highest BCUT2D eigenvalue weighted by Crippen LogP contribution is 2.32. The second kappa shape index (κ2) is 5.93. The molecular formula is C14H20N2O3S. The topological polar surface area (TPSA) is 89.3 Å². The predicted molar refractivity (Wildman–Crippen MR) is 78.1 cm³/mol. The molecule has 1 atom stereocenters. The number of nitrogens with two attached hydrogens (primary N) is 1. The van der Waals surface area contributed by atoms with Gasteiger partial charge in [-0.05, 0) is 43.0 Å². The van der Waals surface area contributed by atoms with Gasteiger partial charge in [0.15, 0.2) is 9.84 Å². The van der Waals surface area contributed by atoms with Crippen LogP contribution in [0.2, 0.25) is 0 Å². The van der Waals surface area contributed by atoms with Gasteiger partial charge in [-0.15, -0.1) is 0 Å². The zero-order chi connectivity index (χ0) is 14.8. The predicted octanol–water partition coefficient (Wildman–Crippen LogP) is 1.55. The zero-order valence-electron chi connectivity index (χ0n) is 11.5. The lowest BCUT2D eigenvalue weighted by Gasteiger charge is -2.11. The maximum Gasteiger partial charge on any atom is 0.225 e. The monoisotopic (exact) mass is 296 g/mol. The van der Waals surface area contributed by atoms with Crippen molar-refractivity contribution < 1.29 is 13.2 Å². The smallest absolute Gasteiger partial charge is 0.225 e. The zero-order valence-corrected chi connectivity index (χ0v) is 12.3. The number of benzene rings is 1. The molecule has 0 aliphatic heterocycles. The van der Waals surface area contributed by atoms with E-state index in [1.165, 1.54) is 12.1 Å². The molecule has 0 bridgehead atoms. The van der Waals surface area contributed by atoms with Crippen LogP contribution < -0.4 is 11.1 Å². The lowest BCUT2D eigenvalue weighted by molar-refractivity contribution is -0.116. The quantitative estimate of drug-likeness (QED) is 0.833. The Balaban J connectivity index is 1.94. The molecule has 5 nitrogen and oxygen atoms in total. The Morgan fingerprint density at radius 3 is 2.45 bits per heavy atom. The van der Waals surface area contributed by atoms with Crippen molar-refractivity contribution in [1.82, 2.24) is 0 Å². The fraction of sp³-hybridized carbons (Fsp3) is 0.500. The van der Waals surface area contributed by atoms with Crippen LogP contribution in [0.25, 0.3) is 0 Å². The number of hydrogen-bond acceptors (Lipinski definition) is 4. The third kappa shape index (κ3) is 3.80. The molecule has 1 aliphatic carbocycles. The Morgan fingerprint density at radius 2 is 1.95 bits per heavy atom. The van der Waals surface area contributed by atoms with Crippen LogP contribution >= 0.6 is 0 Å². The number of sulfone groups is 1. The minimum atomic E-state index is -3.20. The molecule has 1 aromatic carbocycles. The highest BCUT2D eigenvalue weighted by atomic mass is 32.2. The number of anilines is 1. The van der Waals surface area contributed by atoms with Crippen molar-refractivity contribution in [2.75, 3.05) is 11.1 Å². The van der Waals surface area contributed by atoms with Crippen molar-refractivity contribution >= 4 is 21.4 Å². The summed E-state index contributed by atoms with van der Waals surface area (Å²) in [7, 11) is -3.20.